The van der Waals surface area contributed by atoms with Gasteiger partial charge in [0.05, 0.1) is 22.5 Å². The van der Waals surface area contributed by atoms with Crippen molar-refractivity contribution in [3.05, 3.63) is 52.8 Å². The van der Waals surface area contributed by atoms with Gasteiger partial charge in [0.15, 0.2) is 5.17 Å². The summed E-state index contributed by atoms with van der Waals surface area (Å²) >= 11 is 8.81. The van der Waals surface area contributed by atoms with Gasteiger partial charge in [-0.2, -0.15) is 9.39 Å². The maximum absolute atomic E-state index is 12.4. The summed E-state index contributed by atoms with van der Waals surface area (Å²) in [5, 5.41) is 10.1. The van der Waals surface area contributed by atoms with Crippen LogP contribution in [-0.4, -0.2) is 32.7 Å². The molecule has 9 heteroatoms. The molecule has 1 N–H and O–H groups in total. The molecule has 0 aliphatic carbocycles. The molecule has 0 atom stereocenters. The number of hydrogen-bond donors (Lipinski definition) is 1. The summed E-state index contributed by atoms with van der Waals surface area (Å²) in [6.07, 6.45) is 1.53. The molecule has 0 radical (unpaired) electrons. The Morgan fingerprint density at radius 1 is 1.33 bits per heavy atom. The Bertz CT molecular complexity index is 1040. The third kappa shape index (κ3) is 3.36. The molecule has 4 rings (SSSR count). The van der Waals surface area contributed by atoms with E-state index in [1.165, 1.54) is 17.8 Å². The zero-order valence-electron chi connectivity index (χ0n) is 14.1. The molecule has 1 aromatic carbocycles. The summed E-state index contributed by atoms with van der Waals surface area (Å²) in [7, 11) is 0. The molecule has 3 heterocycles. The van der Waals surface area contributed by atoms with Gasteiger partial charge in [-0.15, -0.1) is 0 Å². The van der Waals surface area contributed by atoms with E-state index in [0.717, 1.165) is 23.3 Å². The van der Waals surface area contributed by atoms with Gasteiger partial charge in [-0.3, -0.25) is 10.2 Å². The van der Waals surface area contributed by atoms with Crippen LogP contribution in [0.1, 0.15) is 12.7 Å². The fourth-order valence-electron chi connectivity index (χ4n) is 2.60. The Morgan fingerprint density at radius 2 is 2.15 bits per heavy atom. The Morgan fingerprint density at radius 3 is 2.93 bits per heavy atom. The van der Waals surface area contributed by atoms with E-state index in [2.05, 4.69) is 9.39 Å². The zero-order valence-corrected chi connectivity index (χ0v) is 16.5. The molecule has 136 valence electrons. The number of nitrogens with one attached hydrogen (secondary N) is 1. The lowest BCUT2D eigenvalue weighted by molar-refractivity contribution is -0.114. The molecule has 1 aromatic heterocycles. The number of hydrogen-bond acceptors (Lipinski definition) is 6. The van der Waals surface area contributed by atoms with Crippen molar-refractivity contribution in [3.63, 3.8) is 0 Å². The number of halogens is 1. The largest absolute Gasteiger partial charge is 0.457 e. The molecule has 0 unspecified atom stereocenters. The third-order valence-corrected chi connectivity index (χ3v) is 5.79. The SMILES string of the molecule is CCSC1=NSC2=NC(=O)/C(=C\c3ccc(-c4ccccc4Cl)o3)C(=N)N12. The van der Waals surface area contributed by atoms with Crippen molar-refractivity contribution in [3.8, 4) is 11.3 Å². The number of rotatable bonds is 3. The highest BCUT2D eigenvalue weighted by Crippen LogP contribution is 2.33. The molecule has 1 amide bonds. The number of benzene rings is 1. The molecule has 0 saturated carbocycles. The van der Waals surface area contributed by atoms with E-state index in [-0.39, 0.29) is 11.4 Å². The fraction of sp³-hybridized carbons (Fsp3) is 0.111. The van der Waals surface area contributed by atoms with Gasteiger partial charge in [-0.1, -0.05) is 42.4 Å². The monoisotopic (exact) mass is 416 g/mol. The van der Waals surface area contributed by atoms with Gasteiger partial charge in [0, 0.05) is 5.56 Å². The van der Waals surface area contributed by atoms with E-state index in [0.29, 0.717) is 26.9 Å². The number of amidine groups is 3. The Balaban J connectivity index is 1.67. The predicted octanol–water partition coefficient (Wildman–Crippen LogP) is 4.93. The van der Waals surface area contributed by atoms with Gasteiger partial charge in [-0.05, 0) is 36.1 Å². The van der Waals surface area contributed by atoms with Crippen molar-refractivity contribution >= 4 is 63.5 Å². The number of aliphatic imine (C=N–C) groups is 1. The highest BCUT2D eigenvalue weighted by atomic mass is 35.5. The van der Waals surface area contributed by atoms with Gasteiger partial charge in [-0.25, -0.2) is 4.90 Å². The molecule has 2 aliphatic heterocycles. The second kappa shape index (κ2) is 7.38. The Hall–Kier alpha value is -2.29. The van der Waals surface area contributed by atoms with Crippen molar-refractivity contribution in [1.29, 1.82) is 5.41 Å². The average Bonchev–Trinajstić information content (AvgIpc) is 3.27. The Labute approximate surface area is 169 Å². The molecule has 0 bridgehead atoms. The predicted molar refractivity (Wildman–Crippen MR) is 112 cm³/mol. The molecule has 0 fully saturated rings. The van der Waals surface area contributed by atoms with Crippen molar-refractivity contribution < 1.29 is 9.21 Å². The van der Waals surface area contributed by atoms with Gasteiger partial charge in [0.1, 0.15) is 17.4 Å². The number of thioether (sulfide) groups is 1. The van der Waals surface area contributed by atoms with Crippen LogP contribution < -0.4 is 0 Å². The van der Waals surface area contributed by atoms with Gasteiger partial charge in [0.25, 0.3) is 5.91 Å². The van der Waals surface area contributed by atoms with Crippen LogP contribution in [0.25, 0.3) is 17.4 Å². The first kappa shape index (κ1) is 18.1. The van der Waals surface area contributed by atoms with Gasteiger partial charge in [0.2, 0.25) is 5.17 Å². The van der Waals surface area contributed by atoms with E-state index < -0.39 is 5.91 Å². The first-order valence-electron chi connectivity index (χ1n) is 8.04. The van der Waals surface area contributed by atoms with Crippen LogP contribution in [0.4, 0.5) is 0 Å². The first-order chi connectivity index (χ1) is 13.1. The number of nitrogens with zero attached hydrogens (tertiary/aromatic N) is 3. The second-order valence-corrected chi connectivity index (χ2v) is 7.89. The van der Waals surface area contributed by atoms with Crippen LogP contribution >= 0.6 is 35.3 Å². The Kier molecular flexibility index (Phi) is 4.94. The highest BCUT2D eigenvalue weighted by molar-refractivity contribution is 8.19. The van der Waals surface area contributed by atoms with Crippen LogP contribution in [0.3, 0.4) is 0 Å². The topological polar surface area (TPSA) is 82.0 Å². The highest BCUT2D eigenvalue weighted by Gasteiger charge is 2.37. The molecule has 6 nitrogen and oxygen atoms in total. The molecular weight excluding hydrogens is 404 g/mol. The summed E-state index contributed by atoms with van der Waals surface area (Å²) < 4.78 is 10.1. The van der Waals surface area contributed by atoms with E-state index in [4.69, 9.17) is 21.4 Å². The molecule has 2 aliphatic rings. The number of furan rings is 1. The summed E-state index contributed by atoms with van der Waals surface area (Å²) in [6, 6.07) is 10.9. The molecule has 27 heavy (non-hydrogen) atoms. The molecule has 2 aromatic rings. The minimum atomic E-state index is -0.479. The maximum Gasteiger partial charge on any atom is 0.283 e. The molecule has 0 spiro atoms. The van der Waals surface area contributed by atoms with Crippen LogP contribution in [0.5, 0.6) is 0 Å². The lowest BCUT2D eigenvalue weighted by Crippen LogP contribution is -2.41. The van der Waals surface area contributed by atoms with E-state index in [9.17, 15) is 4.79 Å². The minimum absolute atomic E-state index is 0.0467. The van der Waals surface area contributed by atoms with Crippen molar-refractivity contribution in [2.75, 3.05) is 5.75 Å². The number of fused-ring (bicyclic) bond motifs is 1. The zero-order chi connectivity index (χ0) is 19.0. The standard InChI is InChI=1S/C18H13ClN4O2S2/c1-2-26-18-22-27-17-21-16(24)12(15(20)23(17)18)9-10-7-8-14(25-10)11-5-3-4-6-13(11)19/h3-9,20H,2H2,1H3/b12-9-,20-15?. The fourth-order valence-corrected chi connectivity index (χ4v) is 4.40. The van der Waals surface area contributed by atoms with Gasteiger partial charge >= 0.3 is 0 Å². The average molecular weight is 417 g/mol. The summed E-state index contributed by atoms with van der Waals surface area (Å²) in [4.78, 5) is 18.0. The second-order valence-electron chi connectivity index (χ2n) is 5.52. The van der Waals surface area contributed by atoms with Crippen LogP contribution in [-0.2, 0) is 4.79 Å². The van der Waals surface area contributed by atoms with Crippen LogP contribution in [0.15, 0.2) is 55.8 Å². The minimum Gasteiger partial charge on any atom is -0.457 e. The number of carbonyl (C=O) groups excluding carboxylic acids is 1. The number of carbonyl (C=O) groups is 1. The summed E-state index contributed by atoms with van der Waals surface area (Å²) in [5.41, 5.74) is 0.921. The smallest absolute Gasteiger partial charge is 0.283 e. The molecular formula is C18H13ClN4O2S2. The summed E-state index contributed by atoms with van der Waals surface area (Å²) in [5.74, 6) is 1.41. The number of amides is 1. The van der Waals surface area contributed by atoms with Crippen LogP contribution in [0, 0.1) is 5.41 Å². The molecule has 0 saturated heterocycles. The van der Waals surface area contributed by atoms with Crippen LogP contribution in [0.2, 0.25) is 5.02 Å². The van der Waals surface area contributed by atoms with Crippen molar-refractivity contribution in [2.45, 2.75) is 6.92 Å². The third-order valence-electron chi connectivity index (χ3n) is 3.82. The van der Waals surface area contributed by atoms with E-state index in [1.807, 2.05) is 25.1 Å². The van der Waals surface area contributed by atoms with Gasteiger partial charge < -0.3 is 4.42 Å². The normalized spacial score (nSPS) is 18.0. The van der Waals surface area contributed by atoms with Crippen molar-refractivity contribution in [1.82, 2.24) is 4.90 Å². The first-order valence-corrected chi connectivity index (χ1v) is 10.2. The van der Waals surface area contributed by atoms with Crippen molar-refractivity contribution in [2.24, 2.45) is 9.39 Å². The summed E-state index contributed by atoms with van der Waals surface area (Å²) in [6.45, 7) is 2.00. The lowest BCUT2D eigenvalue weighted by atomic mass is 10.1. The van der Waals surface area contributed by atoms with E-state index in [1.54, 1.807) is 23.1 Å². The van der Waals surface area contributed by atoms with E-state index >= 15 is 0 Å². The lowest BCUT2D eigenvalue weighted by Gasteiger charge is -2.23. The maximum atomic E-state index is 12.4. The quantitative estimate of drug-likeness (QED) is 0.566.